The molecule has 19 heteroatoms. The fourth-order valence-electron chi connectivity index (χ4n) is 9.33. The summed E-state index contributed by atoms with van der Waals surface area (Å²) in [6.45, 7) is 14.2. The van der Waals surface area contributed by atoms with E-state index in [1.165, 1.54) is 0 Å². The molecule has 16 nitrogen and oxygen atoms in total. The Balaban J connectivity index is 0.809. The quantitative estimate of drug-likeness (QED) is 0.0731. The summed E-state index contributed by atoms with van der Waals surface area (Å²) in [5.41, 5.74) is 8.28. The standard InChI is InChI=1S/C52H55ClN10O6S2/c1-27-29(3)71-51-43(27)44(32-12-14-34(53)15-13-32)58-39(48-61-60-30(4)63(48)51)22-42(65)54-18-19-69-36-16-17-41-57-40(25-62(41)24-36)50(68)59-47(52(5,6)7)45(66)37-20-35(64)21-38(37)49(67)55-23-31-8-10-33(11-9-31)46-28(2)56-26-70-46/h8-17,24-26,35,37-39,47,64H,18-23H2,1-7H3,(H,54,65)(H,55,67)(H,59,68)/t35?,37?,38-,39?,47-/m1/s1. The third kappa shape index (κ3) is 10.4. The van der Waals surface area contributed by atoms with Crippen molar-refractivity contribution in [1.29, 1.82) is 0 Å². The number of carbonyl (C=O) groups is 4. The molecule has 0 spiro atoms. The van der Waals surface area contributed by atoms with E-state index in [0.717, 1.165) is 54.0 Å². The maximum Gasteiger partial charge on any atom is 0.272 e. The normalized spacial score (nSPS) is 18.0. The molecular formula is C52H55ClN10O6S2. The number of pyridine rings is 1. The summed E-state index contributed by atoms with van der Waals surface area (Å²) in [5, 5.41) is 30.1. The van der Waals surface area contributed by atoms with Crippen molar-refractivity contribution < 1.29 is 29.0 Å². The Hall–Kier alpha value is -6.60. The number of nitrogens with zero attached hydrogens (tertiary/aromatic N) is 7. The first-order chi connectivity index (χ1) is 33.9. The van der Waals surface area contributed by atoms with Crippen LogP contribution in [0.1, 0.15) is 101 Å². The number of aliphatic imine (C=N–C) groups is 1. The molecule has 71 heavy (non-hydrogen) atoms. The molecule has 0 radical (unpaired) electrons. The summed E-state index contributed by atoms with van der Waals surface area (Å²) in [6.07, 6.45) is 2.69. The molecule has 0 bridgehead atoms. The van der Waals surface area contributed by atoms with Crippen LogP contribution < -0.4 is 20.7 Å². The number of ketones is 1. The lowest BCUT2D eigenvalue weighted by molar-refractivity contribution is -0.135. The number of benzene rings is 2. The van der Waals surface area contributed by atoms with Crippen molar-refractivity contribution in [3.63, 3.8) is 0 Å². The van der Waals surface area contributed by atoms with Crippen LogP contribution >= 0.6 is 34.3 Å². The Labute approximate surface area is 424 Å². The molecule has 1 aliphatic carbocycles. The van der Waals surface area contributed by atoms with Gasteiger partial charge >= 0.3 is 0 Å². The van der Waals surface area contributed by atoms with Crippen LogP contribution in [-0.2, 0) is 20.9 Å². The molecule has 1 saturated carbocycles. The number of rotatable bonds is 15. The van der Waals surface area contributed by atoms with Crippen molar-refractivity contribution in [3.05, 3.63) is 134 Å². The number of aliphatic hydroxyl groups is 1. The predicted molar refractivity (Wildman–Crippen MR) is 274 cm³/mol. The highest BCUT2D eigenvalue weighted by atomic mass is 35.5. The van der Waals surface area contributed by atoms with Crippen LogP contribution in [-0.4, -0.2) is 88.8 Å². The summed E-state index contributed by atoms with van der Waals surface area (Å²) in [7, 11) is 0. The number of aryl methyl sites for hydroxylation is 3. The second-order valence-corrected chi connectivity index (χ2v) is 21.8. The molecule has 1 aliphatic heterocycles. The van der Waals surface area contributed by atoms with Crippen LogP contribution in [0.2, 0.25) is 5.02 Å². The Morgan fingerprint density at radius 3 is 2.37 bits per heavy atom. The van der Waals surface area contributed by atoms with Crippen molar-refractivity contribution in [2.45, 2.75) is 92.5 Å². The second-order valence-electron chi connectivity index (χ2n) is 19.3. The van der Waals surface area contributed by atoms with E-state index in [1.807, 2.05) is 93.2 Å². The van der Waals surface area contributed by atoms with Crippen molar-refractivity contribution in [3.8, 4) is 21.2 Å². The topological polar surface area (TPSA) is 207 Å². The monoisotopic (exact) mass is 1010 g/mol. The van der Waals surface area contributed by atoms with E-state index in [1.54, 1.807) is 51.6 Å². The van der Waals surface area contributed by atoms with Crippen LogP contribution in [0, 0.1) is 44.9 Å². The molecule has 4 N–H and O–H groups in total. The number of hydrogen-bond donors (Lipinski definition) is 4. The number of hydrogen-bond acceptors (Lipinski definition) is 13. The smallest absolute Gasteiger partial charge is 0.272 e. The van der Waals surface area contributed by atoms with Crippen molar-refractivity contribution >= 4 is 69.1 Å². The second kappa shape index (κ2) is 20.3. The van der Waals surface area contributed by atoms with E-state index < -0.39 is 41.3 Å². The van der Waals surface area contributed by atoms with Crippen LogP contribution in [0.15, 0.2) is 83.6 Å². The van der Waals surface area contributed by atoms with Gasteiger partial charge in [0.25, 0.3) is 5.91 Å². The number of imidazole rings is 1. The molecule has 3 unspecified atom stereocenters. The molecule has 9 rings (SSSR count). The van der Waals surface area contributed by atoms with E-state index in [0.29, 0.717) is 28.1 Å². The molecule has 2 aromatic carbocycles. The lowest BCUT2D eigenvalue weighted by Gasteiger charge is -2.33. The molecule has 5 aromatic heterocycles. The molecule has 3 amide bonds. The Kier molecular flexibility index (Phi) is 14.1. The van der Waals surface area contributed by atoms with Gasteiger partial charge in [0, 0.05) is 39.7 Å². The van der Waals surface area contributed by atoms with Gasteiger partial charge in [0.15, 0.2) is 11.6 Å². The van der Waals surface area contributed by atoms with Crippen LogP contribution in [0.3, 0.4) is 0 Å². The SMILES string of the molecule is Cc1ncsc1-c1ccc(CNC(=O)[C@@H]2CC(O)CC2C(=O)[C@@H](NC(=O)c2cn3cc(OCCNC(=O)CC4N=C(c5ccc(Cl)cc5)c5c(sc(C)c5C)-n5c(C)nnc54)ccc3n2)C(C)(C)C)cc1. The number of thiazole rings is 1. The summed E-state index contributed by atoms with van der Waals surface area (Å²) in [4.78, 5) is 71.6. The van der Waals surface area contributed by atoms with E-state index >= 15 is 0 Å². The number of fused-ring (bicyclic) bond motifs is 4. The molecule has 1 fully saturated rings. The van der Waals surface area contributed by atoms with Gasteiger partial charge in [0.05, 0.1) is 59.0 Å². The number of Topliss-reactive ketones (excluding diaryl/α,β-unsaturated/α-hetero) is 1. The van der Waals surface area contributed by atoms with E-state index in [-0.39, 0.29) is 62.3 Å². The number of aromatic nitrogens is 6. The molecular weight excluding hydrogens is 960 g/mol. The summed E-state index contributed by atoms with van der Waals surface area (Å²) >= 11 is 9.48. The average Bonchev–Trinajstić information content (AvgIpc) is 4.18. The Bertz CT molecular complexity index is 3190. The van der Waals surface area contributed by atoms with E-state index in [4.69, 9.17) is 21.3 Å². The summed E-state index contributed by atoms with van der Waals surface area (Å²) in [5.74, 6) is -1.23. The van der Waals surface area contributed by atoms with Gasteiger partial charge in [-0.15, -0.1) is 32.9 Å². The van der Waals surface area contributed by atoms with Gasteiger partial charge in [-0.05, 0) is 86.9 Å². The minimum absolute atomic E-state index is 0.0269. The van der Waals surface area contributed by atoms with Gasteiger partial charge in [-0.2, -0.15) is 0 Å². The zero-order chi connectivity index (χ0) is 50.3. The Morgan fingerprint density at radius 2 is 1.65 bits per heavy atom. The summed E-state index contributed by atoms with van der Waals surface area (Å²) in [6, 6.07) is 17.3. The minimum atomic E-state index is -0.980. The maximum atomic E-state index is 14.4. The minimum Gasteiger partial charge on any atom is -0.490 e. The number of aliphatic hydroxyl groups excluding tert-OH is 1. The lowest BCUT2D eigenvalue weighted by Crippen LogP contribution is -2.52. The van der Waals surface area contributed by atoms with Gasteiger partial charge in [-0.1, -0.05) is 68.8 Å². The first-order valence-corrected chi connectivity index (χ1v) is 25.5. The van der Waals surface area contributed by atoms with E-state index in [2.05, 4.69) is 50.0 Å². The average molecular weight is 1020 g/mol. The molecule has 368 valence electrons. The van der Waals surface area contributed by atoms with Gasteiger partial charge in [-0.25, -0.2) is 9.97 Å². The van der Waals surface area contributed by atoms with E-state index in [9.17, 15) is 24.3 Å². The number of halogens is 1. The highest BCUT2D eigenvalue weighted by Crippen LogP contribution is 2.40. The number of ether oxygens (including phenoxy) is 1. The van der Waals surface area contributed by atoms with Crippen LogP contribution in [0.4, 0.5) is 0 Å². The fourth-order valence-corrected chi connectivity index (χ4v) is 11.5. The first-order valence-electron chi connectivity index (χ1n) is 23.5. The fraction of sp³-hybridized carbons (Fsp3) is 0.365. The lowest BCUT2D eigenvalue weighted by atomic mass is 9.77. The van der Waals surface area contributed by atoms with Gasteiger partial charge < -0.3 is 30.2 Å². The Morgan fingerprint density at radius 1 is 0.915 bits per heavy atom. The van der Waals surface area contributed by atoms with Crippen molar-refractivity contribution in [2.75, 3.05) is 13.2 Å². The van der Waals surface area contributed by atoms with Crippen LogP contribution in [0.5, 0.6) is 5.75 Å². The number of amides is 3. The highest BCUT2D eigenvalue weighted by Gasteiger charge is 2.47. The molecule has 5 atom stereocenters. The van der Waals surface area contributed by atoms with Gasteiger partial charge in [-0.3, -0.25) is 28.7 Å². The zero-order valence-corrected chi connectivity index (χ0v) is 42.8. The third-order valence-corrected chi connectivity index (χ3v) is 15.6. The zero-order valence-electron chi connectivity index (χ0n) is 40.4. The molecule has 6 heterocycles. The third-order valence-electron chi connectivity index (χ3n) is 13.2. The van der Waals surface area contributed by atoms with Crippen molar-refractivity contribution in [2.24, 2.45) is 22.2 Å². The van der Waals surface area contributed by atoms with Crippen molar-refractivity contribution in [1.82, 2.24) is 45.1 Å². The maximum absolute atomic E-state index is 14.4. The van der Waals surface area contributed by atoms with Gasteiger partial charge in [0.2, 0.25) is 11.8 Å². The largest absolute Gasteiger partial charge is 0.490 e. The first kappa shape index (κ1) is 49.4. The molecule has 0 saturated heterocycles. The molecule has 2 aliphatic rings. The summed E-state index contributed by atoms with van der Waals surface area (Å²) < 4.78 is 9.68. The number of nitrogens with one attached hydrogen (secondary N) is 3. The number of carbonyl (C=O) groups excluding carboxylic acids is 4. The number of thiophene rings is 1. The van der Waals surface area contributed by atoms with Gasteiger partial charge in [0.1, 0.15) is 40.6 Å². The van der Waals surface area contributed by atoms with Crippen LogP contribution in [0.25, 0.3) is 21.1 Å². The molecule has 7 aromatic rings. The highest BCUT2D eigenvalue weighted by molar-refractivity contribution is 7.15. The predicted octanol–water partition coefficient (Wildman–Crippen LogP) is 7.88.